The molecule has 1 aromatic carbocycles. The lowest BCUT2D eigenvalue weighted by molar-refractivity contribution is 0.102. The van der Waals surface area contributed by atoms with Gasteiger partial charge < -0.3 is 15.0 Å². The number of H-pyrrole nitrogens is 1. The number of anilines is 1. The Morgan fingerprint density at radius 1 is 1.12 bits per heavy atom. The molecular weight excluding hydrogens is 328 g/mol. The van der Waals surface area contributed by atoms with E-state index < -0.39 is 0 Å². The number of amides is 1. The molecule has 0 bridgehead atoms. The third kappa shape index (κ3) is 3.00. The number of aromatic amines is 1. The lowest BCUT2D eigenvalue weighted by atomic mass is 10.0. The number of carbonyl (C=O) groups is 1. The van der Waals surface area contributed by atoms with Crippen molar-refractivity contribution in [1.29, 1.82) is 0 Å². The summed E-state index contributed by atoms with van der Waals surface area (Å²) in [6.45, 7) is 0. The molecule has 1 amide bonds. The molecule has 2 N–H and O–H groups in total. The SMILES string of the molecule is COc1cc(NC(=O)c2ccccn2)ccc1-c1cnc2[nH]ccc2c1. The molecule has 4 aromatic rings. The molecule has 0 aliphatic heterocycles. The van der Waals surface area contributed by atoms with Gasteiger partial charge in [0, 0.05) is 46.9 Å². The Morgan fingerprint density at radius 2 is 2.04 bits per heavy atom. The standard InChI is InChI=1S/C20H16N4O2/c1-26-18-11-15(24-20(25)17-4-2-3-8-21-17)5-6-16(18)14-10-13-7-9-22-19(13)23-12-14/h2-12H,1H3,(H,22,23)(H,24,25). The normalized spacial score (nSPS) is 10.7. The number of fused-ring (bicyclic) bond motifs is 1. The van der Waals surface area contributed by atoms with Gasteiger partial charge in [0.05, 0.1) is 7.11 Å². The van der Waals surface area contributed by atoms with Gasteiger partial charge in [-0.1, -0.05) is 6.07 Å². The van der Waals surface area contributed by atoms with Crippen LogP contribution in [0.5, 0.6) is 5.75 Å². The zero-order valence-corrected chi connectivity index (χ0v) is 14.1. The van der Waals surface area contributed by atoms with E-state index in [4.69, 9.17) is 4.74 Å². The molecule has 0 saturated carbocycles. The van der Waals surface area contributed by atoms with Crippen LogP contribution in [0.1, 0.15) is 10.5 Å². The molecule has 128 valence electrons. The molecule has 0 atom stereocenters. The van der Waals surface area contributed by atoms with E-state index in [0.29, 0.717) is 17.1 Å². The van der Waals surface area contributed by atoms with E-state index in [1.165, 1.54) is 0 Å². The minimum atomic E-state index is -0.268. The van der Waals surface area contributed by atoms with E-state index in [0.717, 1.165) is 22.2 Å². The second-order valence-corrected chi connectivity index (χ2v) is 5.72. The Balaban J connectivity index is 1.64. The summed E-state index contributed by atoms with van der Waals surface area (Å²) in [5.74, 6) is 0.385. The van der Waals surface area contributed by atoms with Gasteiger partial charge in [-0.2, -0.15) is 0 Å². The van der Waals surface area contributed by atoms with E-state index in [1.54, 1.807) is 43.8 Å². The summed E-state index contributed by atoms with van der Waals surface area (Å²) in [6, 6.07) is 14.8. The molecule has 0 unspecified atom stereocenters. The summed E-state index contributed by atoms with van der Waals surface area (Å²) >= 11 is 0. The molecule has 3 heterocycles. The number of nitrogens with one attached hydrogen (secondary N) is 2. The predicted molar refractivity (Wildman–Crippen MR) is 100 cm³/mol. The zero-order valence-electron chi connectivity index (χ0n) is 14.1. The monoisotopic (exact) mass is 344 g/mol. The minimum Gasteiger partial charge on any atom is -0.496 e. The Hall–Kier alpha value is -3.67. The first kappa shape index (κ1) is 15.8. The first-order valence-electron chi connectivity index (χ1n) is 8.08. The number of hydrogen-bond acceptors (Lipinski definition) is 4. The average Bonchev–Trinajstić information content (AvgIpc) is 3.16. The van der Waals surface area contributed by atoms with E-state index in [1.807, 2.05) is 30.5 Å². The van der Waals surface area contributed by atoms with E-state index >= 15 is 0 Å². The quantitative estimate of drug-likeness (QED) is 0.589. The Kier molecular flexibility index (Phi) is 4.07. The maximum absolute atomic E-state index is 12.3. The van der Waals surface area contributed by atoms with Crippen molar-refractivity contribution < 1.29 is 9.53 Å². The highest BCUT2D eigenvalue weighted by Gasteiger charge is 2.11. The second kappa shape index (κ2) is 6.68. The number of nitrogens with zero attached hydrogens (tertiary/aromatic N) is 2. The first-order chi connectivity index (χ1) is 12.7. The van der Waals surface area contributed by atoms with Crippen molar-refractivity contribution in [2.75, 3.05) is 12.4 Å². The van der Waals surface area contributed by atoms with Crippen LogP contribution in [0, 0.1) is 0 Å². The van der Waals surface area contributed by atoms with Crippen molar-refractivity contribution in [2.24, 2.45) is 0 Å². The fourth-order valence-electron chi connectivity index (χ4n) is 2.79. The highest BCUT2D eigenvalue weighted by atomic mass is 16.5. The van der Waals surface area contributed by atoms with Crippen LogP contribution in [0.25, 0.3) is 22.2 Å². The average molecular weight is 344 g/mol. The van der Waals surface area contributed by atoms with E-state index in [-0.39, 0.29) is 5.91 Å². The third-order valence-electron chi connectivity index (χ3n) is 4.07. The highest BCUT2D eigenvalue weighted by molar-refractivity contribution is 6.03. The molecule has 4 rings (SSSR count). The number of carbonyl (C=O) groups excluding carboxylic acids is 1. The zero-order chi connectivity index (χ0) is 17.9. The summed E-state index contributed by atoms with van der Waals surface area (Å²) in [5, 5.41) is 3.86. The summed E-state index contributed by atoms with van der Waals surface area (Å²) < 4.78 is 5.52. The van der Waals surface area contributed by atoms with Crippen LogP contribution < -0.4 is 10.1 Å². The molecule has 6 heteroatoms. The van der Waals surface area contributed by atoms with Gasteiger partial charge >= 0.3 is 0 Å². The Bertz CT molecular complexity index is 1070. The largest absolute Gasteiger partial charge is 0.496 e. The van der Waals surface area contributed by atoms with Crippen molar-refractivity contribution in [3.63, 3.8) is 0 Å². The van der Waals surface area contributed by atoms with Gasteiger partial charge in [-0.15, -0.1) is 0 Å². The van der Waals surface area contributed by atoms with Gasteiger partial charge in [-0.05, 0) is 36.4 Å². The van der Waals surface area contributed by atoms with Crippen molar-refractivity contribution in [1.82, 2.24) is 15.0 Å². The van der Waals surface area contributed by atoms with Gasteiger partial charge in [0.25, 0.3) is 5.91 Å². The number of rotatable bonds is 4. The van der Waals surface area contributed by atoms with E-state index in [2.05, 4.69) is 20.3 Å². The number of methoxy groups -OCH3 is 1. The first-order valence-corrected chi connectivity index (χ1v) is 8.08. The molecule has 6 nitrogen and oxygen atoms in total. The number of aromatic nitrogens is 3. The Morgan fingerprint density at radius 3 is 2.85 bits per heavy atom. The van der Waals surface area contributed by atoms with Crippen molar-refractivity contribution >= 4 is 22.6 Å². The van der Waals surface area contributed by atoms with Crippen molar-refractivity contribution in [3.8, 4) is 16.9 Å². The molecule has 26 heavy (non-hydrogen) atoms. The van der Waals surface area contributed by atoms with Gasteiger partial charge in [-0.25, -0.2) is 4.98 Å². The van der Waals surface area contributed by atoms with Crippen molar-refractivity contribution in [2.45, 2.75) is 0 Å². The second-order valence-electron chi connectivity index (χ2n) is 5.72. The molecule has 0 radical (unpaired) electrons. The minimum absolute atomic E-state index is 0.268. The molecule has 0 fully saturated rings. The molecule has 0 spiro atoms. The maximum Gasteiger partial charge on any atom is 0.274 e. The molecule has 0 aliphatic carbocycles. The summed E-state index contributed by atoms with van der Waals surface area (Å²) in [7, 11) is 1.60. The van der Waals surface area contributed by atoms with Crippen LogP contribution in [0.3, 0.4) is 0 Å². The van der Waals surface area contributed by atoms with Gasteiger partial charge in [0.1, 0.15) is 17.1 Å². The van der Waals surface area contributed by atoms with Crippen LogP contribution in [0.4, 0.5) is 5.69 Å². The van der Waals surface area contributed by atoms with Gasteiger partial charge in [0.15, 0.2) is 0 Å². The fraction of sp³-hybridized carbons (Fsp3) is 0.0500. The topological polar surface area (TPSA) is 79.9 Å². The van der Waals surface area contributed by atoms with Gasteiger partial charge in [-0.3, -0.25) is 9.78 Å². The Labute approximate surface area is 149 Å². The number of benzene rings is 1. The summed E-state index contributed by atoms with van der Waals surface area (Å²) in [5.41, 5.74) is 3.68. The predicted octanol–water partition coefficient (Wildman–Crippen LogP) is 3.89. The third-order valence-corrected chi connectivity index (χ3v) is 4.07. The van der Waals surface area contributed by atoms with Crippen LogP contribution in [0.15, 0.2) is 67.1 Å². The van der Waals surface area contributed by atoms with E-state index in [9.17, 15) is 4.79 Å². The summed E-state index contributed by atoms with van der Waals surface area (Å²) in [4.78, 5) is 23.8. The molecule has 0 saturated heterocycles. The smallest absolute Gasteiger partial charge is 0.274 e. The fourth-order valence-corrected chi connectivity index (χ4v) is 2.79. The van der Waals surface area contributed by atoms with Crippen LogP contribution in [-0.2, 0) is 0 Å². The van der Waals surface area contributed by atoms with Crippen molar-refractivity contribution in [3.05, 3.63) is 72.8 Å². The lowest BCUT2D eigenvalue weighted by Gasteiger charge is -2.12. The molecular formula is C20H16N4O2. The number of ether oxygens (including phenoxy) is 1. The van der Waals surface area contributed by atoms with Crippen LogP contribution in [-0.4, -0.2) is 28.0 Å². The highest BCUT2D eigenvalue weighted by Crippen LogP contribution is 2.33. The lowest BCUT2D eigenvalue weighted by Crippen LogP contribution is -2.13. The molecule has 3 aromatic heterocycles. The van der Waals surface area contributed by atoms with Crippen LogP contribution in [0.2, 0.25) is 0 Å². The van der Waals surface area contributed by atoms with Gasteiger partial charge in [0.2, 0.25) is 0 Å². The molecule has 0 aliphatic rings. The van der Waals surface area contributed by atoms with Crippen LogP contribution >= 0.6 is 0 Å². The maximum atomic E-state index is 12.3. The summed E-state index contributed by atoms with van der Waals surface area (Å²) in [6.07, 6.45) is 5.24. The number of hydrogen-bond donors (Lipinski definition) is 2. The number of pyridine rings is 2.